The number of aliphatic imine (C=N–C) groups is 1. The fourth-order valence-electron chi connectivity index (χ4n) is 4.24. The number of hydrogen-bond acceptors (Lipinski definition) is 5. The molecule has 0 aliphatic carbocycles. The van der Waals surface area contributed by atoms with Crippen LogP contribution in [-0.4, -0.2) is 42.2 Å². The zero-order valence-electron chi connectivity index (χ0n) is 20.6. The second kappa shape index (κ2) is 12.7. The van der Waals surface area contributed by atoms with Gasteiger partial charge in [0.15, 0.2) is 11.6 Å². The first kappa shape index (κ1) is 27.4. The lowest BCUT2D eigenvalue weighted by Crippen LogP contribution is -2.50. The van der Waals surface area contributed by atoms with Gasteiger partial charge in [-0.2, -0.15) is 0 Å². The quantitative estimate of drug-likeness (QED) is 0.255. The molecule has 4 rings (SSSR count). The van der Waals surface area contributed by atoms with Gasteiger partial charge < -0.3 is 19.9 Å². The average Bonchev–Trinajstić information content (AvgIpc) is 3.30. The Hall–Kier alpha value is -2.68. The predicted molar refractivity (Wildman–Crippen MR) is 152 cm³/mol. The minimum absolute atomic E-state index is 0.0832. The Morgan fingerprint density at radius 2 is 1.81 bits per heavy atom. The summed E-state index contributed by atoms with van der Waals surface area (Å²) >= 11 is 7.16. The Morgan fingerprint density at radius 1 is 1.08 bits per heavy atom. The number of nitrogens with one attached hydrogen (secondary N) is 1. The van der Waals surface area contributed by atoms with E-state index in [2.05, 4.69) is 37.2 Å². The highest BCUT2D eigenvalue weighted by atomic mass is 79.9. The van der Waals surface area contributed by atoms with E-state index in [1.807, 2.05) is 79.7 Å². The fourth-order valence-corrected chi connectivity index (χ4v) is 4.93. The number of rotatable bonds is 11. The molecular weight excluding hydrogens is 600 g/mol. The van der Waals surface area contributed by atoms with Gasteiger partial charge in [-0.25, -0.2) is 4.99 Å². The van der Waals surface area contributed by atoms with E-state index in [1.165, 1.54) is 0 Å². The van der Waals surface area contributed by atoms with Crippen LogP contribution in [0.4, 0.5) is 0 Å². The highest BCUT2D eigenvalue weighted by Crippen LogP contribution is 2.43. The monoisotopic (exact) mass is 628 g/mol. The van der Waals surface area contributed by atoms with Crippen molar-refractivity contribution in [2.75, 3.05) is 19.8 Å². The van der Waals surface area contributed by atoms with Gasteiger partial charge in [0, 0.05) is 40.5 Å². The topological polar surface area (TPSA) is 80.2 Å². The summed E-state index contributed by atoms with van der Waals surface area (Å²) in [7, 11) is 0. The van der Waals surface area contributed by atoms with Gasteiger partial charge in [0.2, 0.25) is 5.90 Å². The molecule has 2 N–H and O–H groups in total. The SMILES string of the molecule is CCCNC(=O)[C@]1(Cc2ccccc2Br)N=C(c2ccc(OCCCO)cc2)O[C@@H]1c1ccc(Br)cc1. The van der Waals surface area contributed by atoms with Crippen molar-refractivity contribution in [3.8, 4) is 5.75 Å². The van der Waals surface area contributed by atoms with E-state index in [9.17, 15) is 4.79 Å². The lowest BCUT2D eigenvalue weighted by molar-refractivity contribution is -0.128. The van der Waals surface area contributed by atoms with Gasteiger partial charge in [0.1, 0.15) is 5.75 Å². The normalized spacial score (nSPS) is 18.7. The summed E-state index contributed by atoms with van der Waals surface area (Å²) in [5.41, 5.74) is 1.38. The van der Waals surface area contributed by atoms with Crippen LogP contribution in [0.5, 0.6) is 5.75 Å². The Balaban J connectivity index is 1.77. The molecule has 0 spiro atoms. The van der Waals surface area contributed by atoms with Crippen molar-refractivity contribution >= 4 is 43.7 Å². The zero-order chi connectivity index (χ0) is 26.3. The largest absolute Gasteiger partial charge is 0.494 e. The molecule has 1 aliphatic rings. The molecule has 1 aliphatic heterocycles. The predicted octanol–water partition coefficient (Wildman–Crippen LogP) is 6.00. The molecule has 0 radical (unpaired) electrons. The minimum atomic E-state index is -1.21. The molecule has 6 nitrogen and oxygen atoms in total. The number of aliphatic hydroxyl groups is 1. The maximum absolute atomic E-state index is 13.9. The van der Waals surface area contributed by atoms with Gasteiger partial charge in [0.05, 0.1) is 6.61 Å². The molecule has 1 heterocycles. The van der Waals surface area contributed by atoms with Crippen LogP contribution < -0.4 is 10.1 Å². The summed E-state index contributed by atoms with van der Waals surface area (Å²) in [6.45, 7) is 3.09. The van der Waals surface area contributed by atoms with E-state index in [1.54, 1.807) is 0 Å². The lowest BCUT2D eigenvalue weighted by Gasteiger charge is -2.31. The van der Waals surface area contributed by atoms with Crippen molar-refractivity contribution in [3.63, 3.8) is 0 Å². The van der Waals surface area contributed by atoms with Gasteiger partial charge in [0.25, 0.3) is 5.91 Å². The molecule has 2 atom stereocenters. The van der Waals surface area contributed by atoms with Crippen LogP contribution in [0.1, 0.15) is 42.6 Å². The number of aliphatic hydroxyl groups excluding tert-OH is 1. The van der Waals surface area contributed by atoms with Crippen LogP contribution in [0.3, 0.4) is 0 Å². The number of carbonyl (C=O) groups excluding carboxylic acids is 1. The van der Waals surface area contributed by atoms with Crippen molar-refractivity contribution in [1.29, 1.82) is 0 Å². The van der Waals surface area contributed by atoms with Crippen molar-refractivity contribution in [2.24, 2.45) is 4.99 Å². The number of halogens is 2. The number of amides is 1. The number of hydrogen-bond donors (Lipinski definition) is 2. The minimum Gasteiger partial charge on any atom is -0.494 e. The lowest BCUT2D eigenvalue weighted by atomic mass is 9.82. The Kier molecular flexibility index (Phi) is 9.40. The van der Waals surface area contributed by atoms with Crippen molar-refractivity contribution in [2.45, 2.75) is 37.8 Å². The molecule has 3 aromatic carbocycles. The van der Waals surface area contributed by atoms with Crippen LogP contribution >= 0.6 is 31.9 Å². The third-order valence-corrected chi connectivity index (χ3v) is 7.46. The van der Waals surface area contributed by atoms with E-state index in [0.717, 1.165) is 32.1 Å². The van der Waals surface area contributed by atoms with Gasteiger partial charge in [-0.05, 0) is 60.0 Å². The second-order valence-electron chi connectivity index (χ2n) is 8.86. The molecule has 0 fully saturated rings. The highest BCUT2D eigenvalue weighted by Gasteiger charge is 2.53. The van der Waals surface area contributed by atoms with Crippen LogP contribution in [0.15, 0.2) is 86.7 Å². The molecule has 0 bridgehead atoms. The molecular formula is C29H30Br2N2O4. The summed E-state index contributed by atoms with van der Waals surface area (Å²) in [5.74, 6) is 0.936. The second-order valence-corrected chi connectivity index (χ2v) is 10.6. The number of carbonyl (C=O) groups is 1. The molecule has 0 saturated heterocycles. The molecule has 194 valence electrons. The van der Waals surface area contributed by atoms with Crippen LogP contribution in [0.2, 0.25) is 0 Å². The first-order valence-electron chi connectivity index (χ1n) is 12.3. The Labute approximate surface area is 234 Å². The Bertz CT molecular complexity index is 1230. The third kappa shape index (κ3) is 6.43. The fraction of sp³-hybridized carbons (Fsp3) is 0.310. The van der Waals surface area contributed by atoms with Crippen LogP contribution in [-0.2, 0) is 16.0 Å². The molecule has 37 heavy (non-hydrogen) atoms. The van der Waals surface area contributed by atoms with Gasteiger partial charge in [-0.3, -0.25) is 4.79 Å². The van der Waals surface area contributed by atoms with Crippen molar-refractivity contribution in [1.82, 2.24) is 5.32 Å². The first-order valence-corrected chi connectivity index (χ1v) is 13.9. The number of nitrogens with zero attached hydrogens (tertiary/aromatic N) is 1. The molecule has 0 saturated carbocycles. The van der Waals surface area contributed by atoms with E-state index in [-0.39, 0.29) is 12.5 Å². The highest BCUT2D eigenvalue weighted by molar-refractivity contribution is 9.10. The summed E-state index contributed by atoms with van der Waals surface area (Å²) in [6, 6.07) is 23.2. The molecule has 0 unspecified atom stereocenters. The Morgan fingerprint density at radius 3 is 2.49 bits per heavy atom. The van der Waals surface area contributed by atoms with Crippen LogP contribution in [0, 0.1) is 0 Å². The average molecular weight is 630 g/mol. The summed E-state index contributed by atoms with van der Waals surface area (Å²) in [6.07, 6.45) is 1.11. The van der Waals surface area contributed by atoms with E-state index < -0.39 is 11.6 Å². The number of benzene rings is 3. The summed E-state index contributed by atoms with van der Waals surface area (Å²) in [5, 5.41) is 12.1. The van der Waals surface area contributed by atoms with Crippen molar-refractivity contribution < 1.29 is 19.4 Å². The molecule has 0 aromatic heterocycles. The van der Waals surface area contributed by atoms with Crippen LogP contribution in [0.25, 0.3) is 0 Å². The molecule has 1 amide bonds. The molecule has 3 aromatic rings. The molecule has 8 heteroatoms. The van der Waals surface area contributed by atoms with Crippen molar-refractivity contribution in [3.05, 3.63) is 98.4 Å². The smallest absolute Gasteiger partial charge is 0.252 e. The maximum Gasteiger partial charge on any atom is 0.252 e. The first-order chi connectivity index (χ1) is 18.0. The third-order valence-electron chi connectivity index (χ3n) is 6.16. The van der Waals surface area contributed by atoms with E-state index >= 15 is 0 Å². The zero-order valence-corrected chi connectivity index (χ0v) is 23.8. The van der Waals surface area contributed by atoms with Gasteiger partial charge in [-0.15, -0.1) is 0 Å². The summed E-state index contributed by atoms with van der Waals surface area (Å²) < 4.78 is 14.1. The number of ether oxygens (including phenoxy) is 2. The van der Waals surface area contributed by atoms with E-state index in [4.69, 9.17) is 19.6 Å². The van der Waals surface area contributed by atoms with Gasteiger partial charge in [-0.1, -0.05) is 69.1 Å². The maximum atomic E-state index is 13.9. The van der Waals surface area contributed by atoms with Gasteiger partial charge >= 0.3 is 0 Å². The summed E-state index contributed by atoms with van der Waals surface area (Å²) in [4.78, 5) is 18.9. The standard InChI is InChI=1S/C29H30Br2N2O4/c1-2-16-32-28(35)29(19-22-6-3-4-7-25(22)31)26(20-8-12-23(30)13-9-20)37-27(33-29)21-10-14-24(15-11-21)36-18-5-17-34/h3-4,6-15,26,34H,2,5,16-19H2,1H3,(H,32,35)/t26-,29-/m1/s1. The van der Waals surface area contributed by atoms with E-state index in [0.29, 0.717) is 37.6 Å².